The molecule has 1 aliphatic heterocycles. The van der Waals surface area contributed by atoms with Crippen LogP contribution in [0.2, 0.25) is 0 Å². The van der Waals surface area contributed by atoms with Crippen molar-refractivity contribution in [3.05, 3.63) is 35.4 Å². The minimum atomic E-state index is -0.388. The molecule has 0 aromatic heterocycles. The second kappa shape index (κ2) is 5.99. The summed E-state index contributed by atoms with van der Waals surface area (Å²) >= 11 is 0. The highest BCUT2D eigenvalue weighted by Gasteiger charge is 2.49. The summed E-state index contributed by atoms with van der Waals surface area (Å²) in [6, 6.07) is 7.67. The average molecular weight is 317 g/mol. The minimum Gasteiger partial charge on any atom is -0.462 e. The third-order valence-electron chi connectivity index (χ3n) is 4.58. The van der Waals surface area contributed by atoms with Crippen molar-refractivity contribution in [1.29, 1.82) is 0 Å². The number of esters is 1. The van der Waals surface area contributed by atoms with Crippen LogP contribution in [-0.4, -0.2) is 34.0 Å². The van der Waals surface area contributed by atoms with Crippen LogP contribution in [0.3, 0.4) is 0 Å². The first-order valence-electron chi connectivity index (χ1n) is 8.12. The van der Waals surface area contributed by atoms with Gasteiger partial charge >= 0.3 is 5.97 Å². The third kappa shape index (κ3) is 3.57. The van der Waals surface area contributed by atoms with E-state index in [4.69, 9.17) is 4.74 Å². The molecule has 0 spiro atoms. The smallest absolute Gasteiger partial charge is 0.302 e. The Morgan fingerprint density at radius 3 is 2.09 bits per heavy atom. The van der Waals surface area contributed by atoms with Gasteiger partial charge in [-0.25, -0.2) is 0 Å². The first-order chi connectivity index (χ1) is 10.5. The van der Waals surface area contributed by atoms with Crippen LogP contribution >= 0.6 is 0 Å². The lowest BCUT2D eigenvalue weighted by atomic mass is 9.77. The van der Waals surface area contributed by atoms with Crippen LogP contribution in [0, 0.1) is 6.92 Å². The van der Waals surface area contributed by atoms with Crippen molar-refractivity contribution >= 4 is 11.9 Å². The van der Waals surface area contributed by atoms with E-state index < -0.39 is 0 Å². The average Bonchev–Trinajstić information content (AvgIpc) is 2.34. The monoisotopic (exact) mass is 317 g/mol. The first kappa shape index (κ1) is 17.5. The van der Waals surface area contributed by atoms with Gasteiger partial charge in [0.2, 0.25) is 0 Å². The molecule has 1 heterocycles. The van der Waals surface area contributed by atoms with Gasteiger partial charge in [-0.2, -0.15) is 0 Å². The lowest BCUT2D eigenvalue weighted by Crippen LogP contribution is -2.64. The summed E-state index contributed by atoms with van der Waals surface area (Å²) in [5, 5.41) is 0. The Labute approximate surface area is 138 Å². The summed E-state index contributed by atoms with van der Waals surface area (Å²) in [7, 11) is 0. The van der Waals surface area contributed by atoms with E-state index in [1.807, 2.05) is 63.8 Å². The zero-order chi connectivity index (χ0) is 17.4. The van der Waals surface area contributed by atoms with E-state index in [1.165, 1.54) is 6.92 Å². The Bertz CT molecular complexity index is 601. The largest absolute Gasteiger partial charge is 0.462 e. The number of carbonyl (C=O) groups is 2. The van der Waals surface area contributed by atoms with E-state index in [9.17, 15) is 9.59 Å². The number of aryl methyl sites for hydroxylation is 1. The van der Waals surface area contributed by atoms with Gasteiger partial charge in [-0.05, 0) is 46.2 Å². The Morgan fingerprint density at radius 1 is 1.09 bits per heavy atom. The number of carbonyl (C=O) groups excluding carboxylic acids is 2. The van der Waals surface area contributed by atoms with E-state index in [2.05, 4.69) is 0 Å². The van der Waals surface area contributed by atoms with E-state index >= 15 is 0 Å². The molecule has 1 fully saturated rings. The molecule has 0 atom stereocenters. The molecule has 1 saturated heterocycles. The van der Waals surface area contributed by atoms with Crippen molar-refractivity contribution in [1.82, 2.24) is 4.90 Å². The highest BCUT2D eigenvalue weighted by atomic mass is 16.5. The van der Waals surface area contributed by atoms with Crippen molar-refractivity contribution in [2.75, 3.05) is 0 Å². The Hall–Kier alpha value is -1.84. The molecule has 2 rings (SSSR count). The van der Waals surface area contributed by atoms with Gasteiger partial charge < -0.3 is 9.64 Å². The van der Waals surface area contributed by atoms with Gasteiger partial charge in [0.05, 0.1) is 0 Å². The number of hydrogen-bond acceptors (Lipinski definition) is 3. The molecule has 0 unspecified atom stereocenters. The molecule has 0 aliphatic carbocycles. The fourth-order valence-corrected chi connectivity index (χ4v) is 3.99. The summed E-state index contributed by atoms with van der Waals surface area (Å²) in [5.74, 6) is -0.223. The number of hydrogen-bond donors (Lipinski definition) is 0. The van der Waals surface area contributed by atoms with Crippen molar-refractivity contribution in [3.8, 4) is 0 Å². The second-order valence-electron chi connectivity index (χ2n) is 7.72. The Morgan fingerprint density at radius 2 is 1.61 bits per heavy atom. The summed E-state index contributed by atoms with van der Waals surface area (Å²) in [5.41, 5.74) is 0.938. The number of rotatable bonds is 2. The van der Waals surface area contributed by atoms with Crippen LogP contribution in [0.15, 0.2) is 24.3 Å². The third-order valence-corrected chi connectivity index (χ3v) is 4.58. The van der Waals surface area contributed by atoms with Crippen molar-refractivity contribution < 1.29 is 14.3 Å². The molecule has 0 radical (unpaired) electrons. The van der Waals surface area contributed by atoms with Gasteiger partial charge in [0.15, 0.2) is 0 Å². The maximum Gasteiger partial charge on any atom is 0.302 e. The Kier molecular flexibility index (Phi) is 4.56. The number of amides is 1. The highest BCUT2D eigenvalue weighted by molar-refractivity contribution is 5.96. The van der Waals surface area contributed by atoms with Crippen LogP contribution < -0.4 is 0 Å². The molecule has 1 aromatic carbocycles. The lowest BCUT2D eigenvalue weighted by molar-refractivity contribution is -0.154. The molecule has 0 N–H and O–H groups in total. The van der Waals surface area contributed by atoms with Crippen LogP contribution in [0.4, 0.5) is 0 Å². The topological polar surface area (TPSA) is 46.6 Å². The first-order valence-corrected chi connectivity index (χ1v) is 8.12. The number of piperidine rings is 1. The fraction of sp³-hybridized carbons (Fsp3) is 0.579. The number of ether oxygens (including phenoxy) is 1. The van der Waals surface area contributed by atoms with Gasteiger partial charge in [0, 0.05) is 36.4 Å². The number of nitrogens with zero attached hydrogens (tertiary/aromatic N) is 1. The normalized spacial score (nSPS) is 20.2. The minimum absolute atomic E-state index is 0.0411. The molecule has 0 bridgehead atoms. The summed E-state index contributed by atoms with van der Waals surface area (Å²) in [4.78, 5) is 26.5. The number of benzene rings is 1. The molecular formula is C19H27NO3. The summed E-state index contributed by atoms with van der Waals surface area (Å²) in [6.45, 7) is 11.6. The Balaban J connectivity index is 2.36. The van der Waals surface area contributed by atoms with E-state index in [0.717, 1.165) is 11.1 Å². The van der Waals surface area contributed by atoms with E-state index in [0.29, 0.717) is 12.8 Å². The predicted molar refractivity (Wildman–Crippen MR) is 90.3 cm³/mol. The van der Waals surface area contributed by atoms with Gasteiger partial charge in [-0.1, -0.05) is 18.2 Å². The maximum absolute atomic E-state index is 13.2. The molecular weight excluding hydrogens is 290 g/mol. The van der Waals surface area contributed by atoms with Gasteiger partial charge in [-0.3, -0.25) is 9.59 Å². The predicted octanol–water partition coefficient (Wildman–Crippen LogP) is 3.72. The molecule has 4 heteroatoms. The molecule has 1 aromatic rings. The molecule has 1 aliphatic rings. The van der Waals surface area contributed by atoms with Crippen molar-refractivity contribution in [2.24, 2.45) is 0 Å². The van der Waals surface area contributed by atoms with Crippen molar-refractivity contribution in [3.63, 3.8) is 0 Å². The molecule has 1 amide bonds. The summed E-state index contributed by atoms with van der Waals surface area (Å²) in [6.07, 6.45) is 1.14. The van der Waals surface area contributed by atoms with Crippen LogP contribution in [0.5, 0.6) is 0 Å². The highest BCUT2D eigenvalue weighted by Crippen LogP contribution is 2.40. The fourth-order valence-electron chi connectivity index (χ4n) is 3.99. The maximum atomic E-state index is 13.2. The van der Waals surface area contributed by atoms with Crippen LogP contribution in [0.25, 0.3) is 0 Å². The molecule has 0 saturated carbocycles. The SMILES string of the molecule is CC(=O)OC1CC(C)(C)N(C(=O)c2ccccc2C)C(C)(C)C1. The van der Waals surface area contributed by atoms with Crippen LogP contribution in [0.1, 0.15) is 63.4 Å². The van der Waals surface area contributed by atoms with Crippen molar-refractivity contribution in [2.45, 2.75) is 71.6 Å². The van der Waals surface area contributed by atoms with E-state index in [-0.39, 0.29) is 29.1 Å². The molecule has 4 nitrogen and oxygen atoms in total. The molecule has 23 heavy (non-hydrogen) atoms. The summed E-state index contributed by atoms with van der Waals surface area (Å²) < 4.78 is 5.44. The van der Waals surface area contributed by atoms with Gasteiger partial charge in [0.25, 0.3) is 5.91 Å². The molecule has 126 valence electrons. The lowest BCUT2D eigenvalue weighted by Gasteiger charge is -2.54. The standard InChI is InChI=1S/C19H27NO3/c1-13-9-7-8-10-16(13)17(22)20-18(3,4)11-15(23-14(2)21)12-19(20,5)6/h7-10,15H,11-12H2,1-6H3. The number of likely N-dealkylation sites (tertiary alicyclic amines) is 1. The van der Waals surface area contributed by atoms with Gasteiger partial charge in [0.1, 0.15) is 6.10 Å². The quantitative estimate of drug-likeness (QED) is 0.781. The van der Waals surface area contributed by atoms with Gasteiger partial charge in [-0.15, -0.1) is 0 Å². The zero-order valence-corrected chi connectivity index (χ0v) is 15.0. The van der Waals surface area contributed by atoms with E-state index in [1.54, 1.807) is 0 Å². The van der Waals surface area contributed by atoms with Crippen LogP contribution in [-0.2, 0) is 9.53 Å². The zero-order valence-electron chi connectivity index (χ0n) is 15.0. The second-order valence-corrected chi connectivity index (χ2v) is 7.72.